The summed E-state index contributed by atoms with van der Waals surface area (Å²) in [5, 5.41) is 3.88. The van der Waals surface area contributed by atoms with E-state index in [4.69, 9.17) is 0 Å². The van der Waals surface area contributed by atoms with E-state index in [1.54, 1.807) is 7.05 Å². The zero-order valence-corrected chi connectivity index (χ0v) is 12.8. The van der Waals surface area contributed by atoms with Crippen molar-refractivity contribution in [2.75, 3.05) is 6.54 Å². The second-order valence-corrected chi connectivity index (χ2v) is 7.05. The van der Waals surface area contributed by atoms with Crippen molar-refractivity contribution in [1.29, 1.82) is 0 Å². The molecule has 0 amide bonds. The molecule has 0 saturated carbocycles. The van der Waals surface area contributed by atoms with Crippen LogP contribution < -0.4 is 4.72 Å². The van der Waals surface area contributed by atoms with Crippen molar-refractivity contribution in [2.45, 2.75) is 37.1 Å². The molecule has 7 nitrogen and oxygen atoms in total. The van der Waals surface area contributed by atoms with Gasteiger partial charge in [-0.15, -0.1) is 0 Å². The largest absolute Gasteiger partial charge is 0.333 e. The van der Waals surface area contributed by atoms with Gasteiger partial charge in [0.15, 0.2) is 0 Å². The smallest absolute Gasteiger partial charge is 0.243 e. The number of aromatic nitrogens is 4. The van der Waals surface area contributed by atoms with Gasteiger partial charge in [-0.1, -0.05) is 0 Å². The number of hydrogen-bond acceptors (Lipinski definition) is 4. The molecule has 114 valence electrons. The minimum atomic E-state index is -3.48. The summed E-state index contributed by atoms with van der Waals surface area (Å²) in [4.78, 5) is 4.60. The fraction of sp³-hybridized carbons (Fsp3) is 0.538. The second-order valence-electron chi connectivity index (χ2n) is 5.29. The van der Waals surface area contributed by atoms with Crippen LogP contribution in [0.1, 0.15) is 24.2 Å². The van der Waals surface area contributed by atoms with E-state index in [1.807, 2.05) is 6.33 Å². The third kappa shape index (κ3) is 3.01. The summed E-state index contributed by atoms with van der Waals surface area (Å²) >= 11 is 0. The Kier molecular flexibility index (Phi) is 3.81. The molecule has 0 radical (unpaired) electrons. The highest BCUT2D eigenvalue weighted by Crippen LogP contribution is 2.19. The van der Waals surface area contributed by atoms with Gasteiger partial charge in [-0.05, 0) is 25.7 Å². The van der Waals surface area contributed by atoms with Crippen molar-refractivity contribution in [3.8, 4) is 0 Å². The van der Waals surface area contributed by atoms with E-state index in [0.29, 0.717) is 13.1 Å². The van der Waals surface area contributed by atoms with Crippen molar-refractivity contribution in [3.05, 3.63) is 30.1 Å². The van der Waals surface area contributed by atoms with Crippen LogP contribution in [0.15, 0.2) is 23.6 Å². The molecule has 0 bridgehead atoms. The van der Waals surface area contributed by atoms with Crippen LogP contribution in [0.25, 0.3) is 0 Å². The van der Waals surface area contributed by atoms with Gasteiger partial charge in [-0.25, -0.2) is 18.1 Å². The predicted molar refractivity (Wildman–Crippen MR) is 77.3 cm³/mol. The molecule has 1 aliphatic rings. The van der Waals surface area contributed by atoms with Crippen LogP contribution in [0, 0.1) is 0 Å². The van der Waals surface area contributed by atoms with Gasteiger partial charge in [0, 0.05) is 32.0 Å². The van der Waals surface area contributed by atoms with Crippen LogP contribution in [0.3, 0.4) is 0 Å². The van der Waals surface area contributed by atoms with Crippen LogP contribution in [0.4, 0.5) is 0 Å². The van der Waals surface area contributed by atoms with Gasteiger partial charge >= 0.3 is 0 Å². The summed E-state index contributed by atoms with van der Waals surface area (Å²) < 4.78 is 30.3. The maximum Gasteiger partial charge on any atom is 0.243 e. The lowest BCUT2D eigenvalue weighted by molar-refractivity contribution is 0.563. The van der Waals surface area contributed by atoms with Gasteiger partial charge in [-0.3, -0.25) is 4.68 Å². The Labute approximate surface area is 124 Å². The van der Waals surface area contributed by atoms with E-state index in [1.165, 1.54) is 35.6 Å². The number of rotatable bonds is 5. The zero-order chi connectivity index (χ0) is 14.9. The van der Waals surface area contributed by atoms with E-state index in [-0.39, 0.29) is 4.90 Å². The fourth-order valence-corrected chi connectivity index (χ4v) is 3.65. The second kappa shape index (κ2) is 5.61. The van der Waals surface area contributed by atoms with Gasteiger partial charge in [0.2, 0.25) is 10.0 Å². The SMILES string of the molecule is Cn1cc(S(=O)(=O)NCCn2cnc3c2CCCC3)cn1. The Morgan fingerprint density at radius 2 is 2.14 bits per heavy atom. The number of nitrogens with one attached hydrogen (secondary N) is 1. The van der Waals surface area contributed by atoms with Crippen LogP contribution in [0.5, 0.6) is 0 Å². The van der Waals surface area contributed by atoms with Crippen LogP contribution in [-0.4, -0.2) is 34.3 Å². The molecular weight excluding hydrogens is 290 g/mol. The molecule has 2 heterocycles. The highest BCUT2D eigenvalue weighted by Gasteiger charge is 2.17. The molecule has 0 aromatic carbocycles. The molecule has 1 N–H and O–H groups in total. The lowest BCUT2D eigenvalue weighted by Crippen LogP contribution is -2.27. The Morgan fingerprint density at radius 3 is 2.90 bits per heavy atom. The van der Waals surface area contributed by atoms with Gasteiger partial charge in [0.25, 0.3) is 0 Å². The molecule has 3 rings (SSSR count). The first-order valence-electron chi connectivity index (χ1n) is 7.07. The molecule has 21 heavy (non-hydrogen) atoms. The summed E-state index contributed by atoms with van der Waals surface area (Å²) in [7, 11) is -1.79. The van der Waals surface area contributed by atoms with Crippen molar-refractivity contribution < 1.29 is 8.42 Å². The zero-order valence-electron chi connectivity index (χ0n) is 12.0. The van der Waals surface area contributed by atoms with Crippen molar-refractivity contribution in [3.63, 3.8) is 0 Å². The molecule has 0 saturated heterocycles. The fourth-order valence-electron chi connectivity index (χ4n) is 2.65. The Bertz CT molecular complexity index is 732. The lowest BCUT2D eigenvalue weighted by Gasteiger charge is -2.14. The molecule has 0 fully saturated rings. The van der Waals surface area contributed by atoms with Crippen LogP contribution in [-0.2, 0) is 36.5 Å². The first-order valence-corrected chi connectivity index (χ1v) is 8.56. The highest BCUT2D eigenvalue weighted by atomic mass is 32.2. The average Bonchev–Trinajstić information content (AvgIpc) is 3.06. The quantitative estimate of drug-likeness (QED) is 0.870. The lowest BCUT2D eigenvalue weighted by atomic mass is 10.0. The van der Waals surface area contributed by atoms with Crippen molar-refractivity contribution in [2.24, 2.45) is 7.05 Å². The maximum atomic E-state index is 12.1. The molecule has 8 heteroatoms. The summed E-state index contributed by atoms with van der Waals surface area (Å²) in [5.41, 5.74) is 2.41. The van der Waals surface area contributed by atoms with Gasteiger partial charge in [0.05, 0.1) is 18.2 Å². The number of sulfonamides is 1. The maximum absolute atomic E-state index is 12.1. The van der Waals surface area contributed by atoms with E-state index >= 15 is 0 Å². The Balaban J connectivity index is 1.62. The van der Waals surface area contributed by atoms with Crippen molar-refractivity contribution in [1.82, 2.24) is 24.1 Å². The van der Waals surface area contributed by atoms with E-state index in [0.717, 1.165) is 18.5 Å². The first-order chi connectivity index (χ1) is 10.1. The highest BCUT2D eigenvalue weighted by molar-refractivity contribution is 7.89. The molecule has 0 atom stereocenters. The molecule has 2 aromatic heterocycles. The Hall–Kier alpha value is -1.67. The summed E-state index contributed by atoms with van der Waals surface area (Å²) in [6.45, 7) is 0.946. The predicted octanol–water partition coefficient (Wildman–Crippen LogP) is 0.474. The summed E-state index contributed by atoms with van der Waals surface area (Å²) in [5.74, 6) is 0. The number of hydrogen-bond donors (Lipinski definition) is 1. The normalized spacial score (nSPS) is 15.1. The summed E-state index contributed by atoms with van der Waals surface area (Å²) in [6, 6.07) is 0. The van der Waals surface area contributed by atoms with Crippen molar-refractivity contribution >= 4 is 10.0 Å². The molecule has 0 aliphatic heterocycles. The van der Waals surface area contributed by atoms with Gasteiger partial charge in [-0.2, -0.15) is 5.10 Å². The molecule has 0 spiro atoms. The monoisotopic (exact) mass is 309 g/mol. The van der Waals surface area contributed by atoms with Crippen LogP contribution in [0.2, 0.25) is 0 Å². The number of nitrogens with zero attached hydrogens (tertiary/aromatic N) is 4. The minimum Gasteiger partial charge on any atom is -0.333 e. The van der Waals surface area contributed by atoms with Gasteiger partial charge in [0.1, 0.15) is 4.90 Å². The average molecular weight is 309 g/mol. The topological polar surface area (TPSA) is 81.8 Å². The summed E-state index contributed by atoms with van der Waals surface area (Å²) in [6.07, 6.45) is 9.09. The molecular formula is C13H19N5O2S. The number of aryl methyl sites for hydroxylation is 2. The van der Waals surface area contributed by atoms with E-state index in [2.05, 4.69) is 19.4 Å². The molecule has 1 aliphatic carbocycles. The van der Waals surface area contributed by atoms with E-state index in [9.17, 15) is 8.42 Å². The minimum absolute atomic E-state index is 0.192. The van der Waals surface area contributed by atoms with E-state index < -0.39 is 10.0 Å². The third-order valence-corrected chi connectivity index (χ3v) is 5.16. The molecule has 2 aromatic rings. The standard InChI is InChI=1S/C13H19N5O2S/c1-17-9-11(8-15-17)21(19,20)16-6-7-18-10-14-12-4-2-3-5-13(12)18/h8-10,16H,2-7H2,1H3. The number of imidazole rings is 1. The Morgan fingerprint density at radius 1 is 1.33 bits per heavy atom. The van der Waals surface area contributed by atoms with Crippen LogP contribution >= 0.6 is 0 Å². The third-order valence-electron chi connectivity index (χ3n) is 3.75. The first kappa shape index (κ1) is 14.3. The van der Waals surface area contributed by atoms with Gasteiger partial charge < -0.3 is 4.57 Å². The molecule has 0 unspecified atom stereocenters. The number of fused-ring (bicyclic) bond motifs is 1.